The van der Waals surface area contributed by atoms with Crippen molar-refractivity contribution in [2.75, 3.05) is 12.4 Å². The standard InChI is InChI=1S/C13H11FN2OS/c1-17-9-2-5-12(14)13(6-9)16-8-11-4-3-10(7-15)18-11/h2-6,16H,8H2,1H3. The molecule has 18 heavy (non-hydrogen) atoms. The van der Waals surface area contributed by atoms with Crippen LogP contribution in [0, 0.1) is 17.1 Å². The molecule has 0 aliphatic heterocycles. The number of anilines is 1. The Morgan fingerprint density at radius 2 is 2.22 bits per heavy atom. The maximum atomic E-state index is 13.5. The second kappa shape index (κ2) is 5.52. The summed E-state index contributed by atoms with van der Waals surface area (Å²) in [7, 11) is 1.54. The van der Waals surface area contributed by atoms with Crippen molar-refractivity contribution < 1.29 is 9.13 Å². The molecule has 0 saturated carbocycles. The smallest absolute Gasteiger partial charge is 0.146 e. The van der Waals surface area contributed by atoms with E-state index in [1.165, 1.54) is 24.5 Å². The number of halogens is 1. The van der Waals surface area contributed by atoms with E-state index in [1.54, 1.807) is 18.2 Å². The van der Waals surface area contributed by atoms with Crippen LogP contribution >= 0.6 is 11.3 Å². The molecule has 2 rings (SSSR count). The van der Waals surface area contributed by atoms with Gasteiger partial charge in [0.15, 0.2) is 0 Å². The summed E-state index contributed by atoms with van der Waals surface area (Å²) in [5.74, 6) is 0.274. The van der Waals surface area contributed by atoms with Gasteiger partial charge in [0, 0.05) is 17.5 Å². The highest BCUT2D eigenvalue weighted by Crippen LogP contribution is 2.23. The minimum Gasteiger partial charge on any atom is -0.497 e. The van der Waals surface area contributed by atoms with E-state index in [0.717, 1.165) is 4.88 Å². The van der Waals surface area contributed by atoms with Gasteiger partial charge in [0.1, 0.15) is 22.5 Å². The number of nitriles is 1. The average molecular weight is 262 g/mol. The molecule has 0 atom stereocenters. The van der Waals surface area contributed by atoms with Gasteiger partial charge in [0.25, 0.3) is 0 Å². The minimum atomic E-state index is -0.326. The van der Waals surface area contributed by atoms with Crippen molar-refractivity contribution >= 4 is 17.0 Å². The van der Waals surface area contributed by atoms with Gasteiger partial charge in [-0.15, -0.1) is 11.3 Å². The Bertz CT molecular complexity index is 589. The molecule has 0 fully saturated rings. The van der Waals surface area contributed by atoms with E-state index >= 15 is 0 Å². The monoisotopic (exact) mass is 262 g/mol. The zero-order valence-electron chi connectivity index (χ0n) is 9.74. The normalized spacial score (nSPS) is 9.83. The van der Waals surface area contributed by atoms with Crippen LogP contribution in [0.4, 0.5) is 10.1 Å². The van der Waals surface area contributed by atoms with Crippen LogP contribution < -0.4 is 10.1 Å². The van der Waals surface area contributed by atoms with Crippen LogP contribution in [0.5, 0.6) is 5.75 Å². The number of ether oxygens (including phenoxy) is 1. The Morgan fingerprint density at radius 1 is 1.39 bits per heavy atom. The van der Waals surface area contributed by atoms with Crippen molar-refractivity contribution in [3.8, 4) is 11.8 Å². The first-order valence-corrected chi connectivity index (χ1v) is 6.11. The van der Waals surface area contributed by atoms with Crippen LogP contribution in [0.3, 0.4) is 0 Å². The quantitative estimate of drug-likeness (QED) is 0.918. The zero-order valence-corrected chi connectivity index (χ0v) is 10.6. The second-order valence-corrected chi connectivity index (χ2v) is 4.75. The van der Waals surface area contributed by atoms with Crippen LogP contribution in [-0.4, -0.2) is 7.11 Å². The molecule has 0 spiro atoms. The third kappa shape index (κ3) is 2.79. The van der Waals surface area contributed by atoms with E-state index in [0.29, 0.717) is 22.9 Å². The SMILES string of the molecule is COc1ccc(F)c(NCc2ccc(C#N)s2)c1. The summed E-state index contributed by atoms with van der Waals surface area (Å²) in [4.78, 5) is 1.63. The van der Waals surface area contributed by atoms with Crippen LogP contribution in [0.25, 0.3) is 0 Å². The lowest BCUT2D eigenvalue weighted by Gasteiger charge is -2.08. The first-order chi connectivity index (χ1) is 8.72. The fourth-order valence-electron chi connectivity index (χ4n) is 1.48. The van der Waals surface area contributed by atoms with Crippen molar-refractivity contribution in [3.63, 3.8) is 0 Å². The summed E-state index contributed by atoms with van der Waals surface area (Å²) < 4.78 is 18.5. The number of methoxy groups -OCH3 is 1. The van der Waals surface area contributed by atoms with Gasteiger partial charge in [0.05, 0.1) is 12.8 Å². The Balaban J connectivity index is 2.08. The zero-order chi connectivity index (χ0) is 13.0. The molecule has 0 amide bonds. The Kier molecular flexibility index (Phi) is 3.80. The molecule has 0 radical (unpaired) electrons. The molecule has 0 bridgehead atoms. The summed E-state index contributed by atoms with van der Waals surface area (Å²) in [6.45, 7) is 0.483. The third-order valence-corrected chi connectivity index (χ3v) is 3.39. The van der Waals surface area contributed by atoms with Crippen LogP contribution in [0.2, 0.25) is 0 Å². The van der Waals surface area contributed by atoms with Crippen molar-refractivity contribution in [1.82, 2.24) is 0 Å². The van der Waals surface area contributed by atoms with E-state index in [4.69, 9.17) is 10.00 Å². The van der Waals surface area contributed by atoms with Gasteiger partial charge in [0.2, 0.25) is 0 Å². The highest BCUT2D eigenvalue weighted by molar-refractivity contribution is 7.12. The predicted molar refractivity (Wildman–Crippen MR) is 69.3 cm³/mol. The molecule has 2 aromatic rings. The van der Waals surface area contributed by atoms with Crippen molar-refractivity contribution in [3.05, 3.63) is 45.9 Å². The number of hydrogen-bond donors (Lipinski definition) is 1. The number of benzene rings is 1. The lowest BCUT2D eigenvalue weighted by molar-refractivity contribution is 0.414. The molecule has 0 unspecified atom stereocenters. The van der Waals surface area contributed by atoms with E-state index < -0.39 is 0 Å². The van der Waals surface area contributed by atoms with E-state index in [-0.39, 0.29) is 5.82 Å². The van der Waals surface area contributed by atoms with Gasteiger partial charge < -0.3 is 10.1 Å². The number of rotatable bonds is 4. The molecule has 1 N–H and O–H groups in total. The van der Waals surface area contributed by atoms with Crippen LogP contribution in [0.1, 0.15) is 9.75 Å². The summed E-state index contributed by atoms with van der Waals surface area (Å²) in [5.41, 5.74) is 0.390. The molecule has 0 aliphatic rings. The van der Waals surface area contributed by atoms with Crippen LogP contribution in [-0.2, 0) is 6.54 Å². The summed E-state index contributed by atoms with van der Waals surface area (Å²) in [5, 5.41) is 11.7. The maximum absolute atomic E-state index is 13.5. The molecule has 92 valence electrons. The number of thiophene rings is 1. The van der Waals surface area contributed by atoms with Gasteiger partial charge in [-0.2, -0.15) is 5.26 Å². The highest BCUT2D eigenvalue weighted by Gasteiger charge is 2.05. The van der Waals surface area contributed by atoms with Gasteiger partial charge in [-0.25, -0.2) is 4.39 Å². The summed E-state index contributed by atoms with van der Waals surface area (Å²) in [6, 6.07) is 10.2. The molecule has 5 heteroatoms. The Hall–Kier alpha value is -2.06. The highest BCUT2D eigenvalue weighted by atomic mass is 32.1. The third-order valence-electron chi connectivity index (χ3n) is 2.40. The lowest BCUT2D eigenvalue weighted by atomic mass is 10.3. The molecule has 3 nitrogen and oxygen atoms in total. The topological polar surface area (TPSA) is 45.0 Å². The maximum Gasteiger partial charge on any atom is 0.146 e. The van der Waals surface area contributed by atoms with Gasteiger partial charge in [-0.1, -0.05) is 0 Å². The first kappa shape index (κ1) is 12.4. The number of hydrogen-bond acceptors (Lipinski definition) is 4. The van der Waals surface area contributed by atoms with Gasteiger partial charge in [-0.05, 0) is 24.3 Å². The largest absolute Gasteiger partial charge is 0.497 e. The van der Waals surface area contributed by atoms with E-state index in [9.17, 15) is 4.39 Å². The van der Waals surface area contributed by atoms with E-state index in [1.807, 2.05) is 6.07 Å². The molecular weight excluding hydrogens is 251 g/mol. The average Bonchev–Trinajstić information content (AvgIpc) is 2.86. The fourth-order valence-corrected chi connectivity index (χ4v) is 2.23. The number of nitrogens with one attached hydrogen (secondary N) is 1. The van der Waals surface area contributed by atoms with Gasteiger partial charge >= 0.3 is 0 Å². The van der Waals surface area contributed by atoms with Crippen molar-refractivity contribution in [1.29, 1.82) is 5.26 Å². The molecule has 0 saturated heterocycles. The Morgan fingerprint density at radius 3 is 2.89 bits per heavy atom. The molecular formula is C13H11FN2OS. The second-order valence-electron chi connectivity index (χ2n) is 3.58. The summed E-state index contributed by atoms with van der Waals surface area (Å²) in [6.07, 6.45) is 0. The fraction of sp³-hybridized carbons (Fsp3) is 0.154. The molecule has 0 aliphatic carbocycles. The first-order valence-electron chi connectivity index (χ1n) is 5.29. The summed E-state index contributed by atoms with van der Waals surface area (Å²) >= 11 is 1.39. The predicted octanol–water partition coefficient (Wildman–Crippen LogP) is 3.38. The molecule has 1 aromatic carbocycles. The van der Waals surface area contributed by atoms with Crippen molar-refractivity contribution in [2.24, 2.45) is 0 Å². The van der Waals surface area contributed by atoms with E-state index in [2.05, 4.69) is 11.4 Å². The van der Waals surface area contributed by atoms with Crippen molar-refractivity contribution in [2.45, 2.75) is 6.54 Å². The molecule has 1 heterocycles. The number of nitrogens with zero attached hydrogens (tertiary/aromatic N) is 1. The Labute approximate surface area is 108 Å². The van der Waals surface area contributed by atoms with Gasteiger partial charge in [-0.3, -0.25) is 0 Å². The lowest BCUT2D eigenvalue weighted by Crippen LogP contribution is -2.00. The van der Waals surface area contributed by atoms with Crippen LogP contribution in [0.15, 0.2) is 30.3 Å². The molecule has 1 aromatic heterocycles. The minimum absolute atomic E-state index is 0.326.